The lowest BCUT2D eigenvalue weighted by Crippen LogP contribution is -2.29. The maximum Gasteiger partial charge on any atom is 0.131 e. The molecule has 176 valence electrons. The van der Waals surface area contributed by atoms with Crippen molar-refractivity contribution in [2.45, 2.75) is 112 Å². The second-order valence-corrected chi connectivity index (χ2v) is 14.4. The van der Waals surface area contributed by atoms with Crippen molar-refractivity contribution < 1.29 is 4.74 Å². The summed E-state index contributed by atoms with van der Waals surface area (Å²) in [4.78, 5) is 0. The number of rotatable bonds is 4. The minimum absolute atomic E-state index is 0.107. The van der Waals surface area contributed by atoms with Gasteiger partial charge in [0.05, 0.1) is 0 Å². The summed E-state index contributed by atoms with van der Waals surface area (Å²) < 4.78 is 6.45. The van der Waals surface area contributed by atoms with E-state index >= 15 is 0 Å². The average molecular weight is 435 g/mol. The van der Waals surface area contributed by atoms with Crippen LogP contribution in [-0.2, 0) is 16.2 Å². The Morgan fingerprint density at radius 3 is 1.25 bits per heavy atom. The number of fused-ring (bicyclic) bond motifs is 2. The lowest BCUT2D eigenvalue weighted by atomic mass is 9.68. The molecule has 0 fully saturated rings. The van der Waals surface area contributed by atoms with Gasteiger partial charge in [0.2, 0.25) is 0 Å². The molecule has 0 saturated heterocycles. The van der Waals surface area contributed by atoms with Gasteiger partial charge in [-0.15, -0.1) is 0 Å². The number of benzene rings is 2. The fourth-order valence-electron chi connectivity index (χ4n) is 6.18. The quantitative estimate of drug-likeness (QED) is 0.465. The lowest BCUT2D eigenvalue weighted by molar-refractivity contribution is 0.283. The Hall–Kier alpha value is -1.76. The molecule has 32 heavy (non-hydrogen) atoms. The van der Waals surface area contributed by atoms with E-state index in [1.54, 1.807) is 0 Å². The zero-order valence-electron chi connectivity index (χ0n) is 22.8. The van der Waals surface area contributed by atoms with Crippen molar-refractivity contribution >= 4 is 0 Å². The van der Waals surface area contributed by atoms with Crippen LogP contribution in [-0.4, -0.2) is 0 Å². The van der Waals surface area contributed by atoms with Crippen LogP contribution < -0.4 is 4.74 Å². The minimum atomic E-state index is -0.107. The van der Waals surface area contributed by atoms with Crippen LogP contribution in [0.1, 0.15) is 118 Å². The van der Waals surface area contributed by atoms with Crippen molar-refractivity contribution in [3.8, 4) is 11.5 Å². The van der Waals surface area contributed by atoms with E-state index in [1.807, 2.05) is 0 Å². The zero-order chi connectivity index (χ0) is 24.3. The molecule has 1 heteroatoms. The Labute approximate surface area is 198 Å². The molecule has 2 aromatic carbocycles. The molecule has 1 aliphatic heterocycles. The largest absolute Gasteiger partial charge is 0.457 e. The second-order valence-electron chi connectivity index (χ2n) is 14.4. The van der Waals surface area contributed by atoms with Crippen LogP contribution in [0.4, 0.5) is 0 Å². The first-order chi connectivity index (χ1) is 14.3. The monoisotopic (exact) mass is 434 g/mol. The molecule has 0 amide bonds. The summed E-state index contributed by atoms with van der Waals surface area (Å²) in [5.74, 6) is 2.00. The maximum absolute atomic E-state index is 6.45. The molecule has 1 nitrogen and oxygen atoms in total. The van der Waals surface area contributed by atoms with E-state index in [0.29, 0.717) is 0 Å². The minimum Gasteiger partial charge on any atom is -0.457 e. The topological polar surface area (TPSA) is 9.23 Å². The highest BCUT2D eigenvalue weighted by Gasteiger charge is 2.38. The highest BCUT2D eigenvalue weighted by Crippen LogP contribution is 2.51. The van der Waals surface area contributed by atoms with Crippen molar-refractivity contribution in [1.29, 1.82) is 0 Å². The standard InChI is InChI=1S/C31H46O/c1-27(2,3)19-29(7,8)21-13-15-25-23(17-21)31(11,12)24-18-22(14-16-26(24)32-25)30(9,10)20-28(4,5)6/h13-18H,19-20H2,1-12H3. The Bertz CT molecular complexity index is 911. The van der Waals surface area contributed by atoms with Crippen molar-refractivity contribution in [2.24, 2.45) is 10.8 Å². The van der Waals surface area contributed by atoms with Crippen molar-refractivity contribution in [3.05, 3.63) is 58.7 Å². The molecule has 0 bridgehead atoms. The van der Waals surface area contributed by atoms with Gasteiger partial charge in [-0.1, -0.05) is 107 Å². The molecule has 0 aliphatic carbocycles. The first-order valence-electron chi connectivity index (χ1n) is 12.3. The van der Waals surface area contributed by atoms with E-state index in [-0.39, 0.29) is 27.1 Å². The maximum atomic E-state index is 6.45. The Morgan fingerprint density at radius 2 is 0.938 bits per heavy atom. The molecule has 0 spiro atoms. The van der Waals surface area contributed by atoms with E-state index in [2.05, 4.69) is 119 Å². The van der Waals surface area contributed by atoms with E-state index in [0.717, 1.165) is 24.3 Å². The van der Waals surface area contributed by atoms with Gasteiger partial charge >= 0.3 is 0 Å². The number of hydrogen-bond donors (Lipinski definition) is 0. The molecule has 2 aromatic rings. The van der Waals surface area contributed by atoms with Gasteiger partial charge in [-0.25, -0.2) is 0 Å². The van der Waals surface area contributed by atoms with Gasteiger partial charge in [0.15, 0.2) is 0 Å². The van der Waals surface area contributed by atoms with Crippen LogP contribution in [0.5, 0.6) is 11.5 Å². The SMILES string of the molecule is CC(C)(C)CC(C)(C)c1ccc2c(c1)C(C)(C)c1cc(C(C)(C)CC(C)(C)C)ccc1O2. The first kappa shape index (κ1) is 24.9. The predicted octanol–water partition coefficient (Wildman–Crippen LogP) is 9.55. The van der Waals surface area contributed by atoms with Crippen LogP contribution in [0.15, 0.2) is 36.4 Å². The summed E-state index contributed by atoms with van der Waals surface area (Å²) >= 11 is 0. The predicted molar refractivity (Wildman–Crippen MR) is 139 cm³/mol. The van der Waals surface area contributed by atoms with Crippen LogP contribution in [0.3, 0.4) is 0 Å². The van der Waals surface area contributed by atoms with Gasteiger partial charge in [-0.2, -0.15) is 0 Å². The smallest absolute Gasteiger partial charge is 0.131 e. The van der Waals surface area contributed by atoms with Gasteiger partial charge < -0.3 is 4.74 Å². The van der Waals surface area contributed by atoms with Gasteiger partial charge in [-0.3, -0.25) is 0 Å². The molecular formula is C31H46O. The summed E-state index contributed by atoms with van der Waals surface area (Å²) in [5, 5.41) is 0. The third-order valence-corrected chi connectivity index (χ3v) is 7.03. The van der Waals surface area contributed by atoms with E-state index < -0.39 is 0 Å². The molecule has 1 aliphatic rings. The number of ether oxygens (including phenoxy) is 1. The Balaban J connectivity index is 2.06. The number of hydrogen-bond acceptors (Lipinski definition) is 1. The van der Waals surface area contributed by atoms with E-state index in [1.165, 1.54) is 22.3 Å². The molecule has 0 atom stereocenters. The molecule has 0 unspecified atom stereocenters. The summed E-state index contributed by atoms with van der Waals surface area (Å²) in [6.45, 7) is 28.2. The van der Waals surface area contributed by atoms with Gasteiger partial charge in [-0.05, 0) is 57.8 Å². The van der Waals surface area contributed by atoms with Gasteiger partial charge in [0.1, 0.15) is 11.5 Å². The Morgan fingerprint density at radius 1 is 0.594 bits per heavy atom. The third kappa shape index (κ3) is 5.08. The Kier molecular flexibility index (Phi) is 5.94. The van der Waals surface area contributed by atoms with Gasteiger partial charge in [0.25, 0.3) is 0 Å². The summed E-state index contributed by atoms with van der Waals surface area (Å²) in [5.41, 5.74) is 6.08. The summed E-state index contributed by atoms with van der Waals surface area (Å²) in [7, 11) is 0. The highest BCUT2D eigenvalue weighted by atomic mass is 16.5. The van der Waals surface area contributed by atoms with E-state index in [9.17, 15) is 0 Å². The fourth-order valence-corrected chi connectivity index (χ4v) is 6.18. The van der Waals surface area contributed by atoms with Crippen LogP contribution in [0.25, 0.3) is 0 Å². The molecule has 0 N–H and O–H groups in total. The molecule has 0 radical (unpaired) electrons. The first-order valence-corrected chi connectivity index (χ1v) is 12.3. The second kappa shape index (κ2) is 7.64. The fraction of sp³-hybridized carbons (Fsp3) is 0.613. The summed E-state index contributed by atoms with van der Waals surface area (Å²) in [6.07, 6.45) is 2.28. The third-order valence-electron chi connectivity index (χ3n) is 7.03. The lowest BCUT2D eigenvalue weighted by Gasteiger charge is -2.39. The van der Waals surface area contributed by atoms with Crippen molar-refractivity contribution in [3.63, 3.8) is 0 Å². The van der Waals surface area contributed by atoms with E-state index in [4.69, 9.17) is 4.74 Å². The normalized spacial score (nSPS) is 16.2. The molecular weight excluding hydrogens is 388 g/mol. The molecule has 0 saturated carbocycles. The molecule has 1 heterocycles. The summed E-state index contributed by atoms with van der Waals surface area (Å²) in [6, 6.07) is 13.8. The van der Waals surface area contributed by atoms with Gasteiger partial charge in [0, 0.05) is 16.5 Å². The van der Waals surface area contributed by atoms with Crippen LogP contribution >= 0.6 is 0 Å². The zero-order valence-corrected chi connectivity index (χ0v) is 22.8. The molecule has 3 rings (SSSR count). The van der Waals surface area contributed by atoms with Crippen molar-refractivity contribution in [2.75, 3.05) is 0 Å². The van der Waals surface area contributed by atoms with Crippen LogP contribution in [0.2, 0.25) is 0 Å². The van der Waals surface area contributed by atoms with Crippen LogP contribution in [0, 0.1) is 10.8 Å². The molecule has 0 aromatic heterocycles. The van der Waals surface area contributed by atoms with Crippen molar-refractivity contribution in [1.82, 2.24) is 0 Å². The average Bonchev–Trinajstić information content (AvgIpc) is 2.57. The highest BCUT2D eigenvalue weighted by molar-refractivity contribution is 5.59.